The Kier molecular flexibility index (Phi) is 7.18. The highest BCUT2D eigenvalue weighted by Gasteiger charge is 2.44. The van der Waals surface area contributed by atoms with Gasteiger partial charge in [-0.3, -0.25) is 4.79 Å². The zero-order valence-corrected chi connectivity index (χ0v) is 19.9. The number of aliphatic hydroxyl groups excluding tert-OH is 1. The Hall–Kier alpha value is -1.89. The standard InChI is InChI=1S/C23H25F3IN3O3/c24-17-7-6-16(21(20(17)26)29-19-8-1-13(27)9-18(19)25)22(32)30-11-23(33,12-30)10-28-14-2-4-15(31)5-3-14/h1,6-9,14-15,28-29,31,33H,2-5,10-12H2. The van der Waals surface area contributed by atoms with E-state index in [1.54, 1.807) is 6.07 Å². The number of hydrogen-bond acceptors (Lipinski definition) is 5. The number of aliphatic hydroxyl groups is 2. The monoisotopic (exact) mass is 575 g/mol. The molecule has 4 N–H and O–H groups in total. The first-order valence-corrected chi connectivity index (χ1v) is 11.9. The normalized spacial score (nSPS) is 22.1. The molecule has 6 nitrogen and oxygen atoms in total. The zero-order chi connectivity index (χ0) is 23.8. The molecule has 1 aliphatic carbocycles. The van der Waals surface area contributed by atoms with Gasteiger partial charge in [-0.15, -0.1) is 0 Å². The number of hydrogen-bond donors (Lipinski definition) is 4. The number of halogens is 4. The summed E-state index contributed by atoms with van der Waals surface area (Å²) in [6, 6.07) is 6.42. The number of carbonyl (C=O) groups is 1. The van der Waals surface area contributed by atoms with Crippen molar-refractivity contribution in [2.24, 2.45) is 0 Å². The largest absolute Gasteiger partial charge is 0.393 e. The van der Waals surface area contributed by atoms with Crippen molar-refractivity contribution >= 4 is 39.9 Å². The van der Waals surface area contributed by atoms with Gasteiger partial charge in [0.2, 0.25) is 0 Å². The molecule has 2 aromatic rings. The molecule has 2 fully saturated rings. The highest BCUT2D eigenvalue weighted by Crippen LogP contribution is 2.32. The molecule has 178 valence electrons. The van der Waals surface area contributed by atoms with Crippen LogP contribution in [0.15, 0.2) is 30.3 Å². The maximum atomic E-state index is 14.6. The van der Waals surface area contributed by atoms with Crippen LogP contribution < -0.4 is 10.6 Å². The van der Waals surface area contributed by atoms with E-state index in [2.05, 4.69) is 10.6 Å². The number of rotatable bonds is 6. The molecule has 0 atom stereocenters. The number of benzene rings is 2. The molecule has 0 unspecified atom stereocenters. The molecule has 1 amide bonds. The third-order valence-electron chi connectivity index (χ3n) is 6.19. The van der Waals surface area contributed by atoms with Gasteiger partial charge in [0.05, 0.1) is 36.1 Å². The molecule has 4 rings (SSSR count). The van der Waals surface area contributed by atoms with Gasteiger partial charge in [0.15, 0.2) is 11.6 Å². The first-order chi connectivity index (χ1) is 15.6. The fourth-order valence-corrected chi connectivity index (χ4v) is 4.73. The van der Waals surface area contributed by atoms with E-state index in [1.807, 2.05) is 22.6 Å². The summed E-state index contributed by atoms with van der Waals surface area (Å²) in [6.45, 7) is 0.350. The molecular formula is C23H25F3IN3O3. The lowest BCUT2D eigenvalue weighted by atomic mass is 9.90. The predicted molar refractivity (Wildman–Crippen MR) is 126 cm³/mol. The van der Waals surface area contributed by atoms with Crippen LogP contribution in [0.25, 0.3) is 0 Å². The van der Waals surface area contributed by atoms with Gasteiger partial charge in [-0.25, -0.2) is 13.2 Å². The Morgan fingerprint density at radius 1 is 1.09 bits per heavy atom. The highest BCUT2D eigenvalue weighted by atomic mass is 127. The Morgan fingerprint density at radius 2 is 1.79 bits per heavy atom. The van der Waals surface area contributed by atoms with Gasteiger partial charge >= 0.3 is 0 Å². The molecule has 0 spiro atoms. The summed E-state index contributed by atoms with van der Waals surface area (Å²) in [7, 11) is 0. The Morgan fingerprint density at radius 3 is 2.45 bits per heavy atom. The molecular weight excluding hydrogens is 550 g/mol. The van der Waals surface area contributed by atoms with Gasteiger partial charge in [0, 0.05) is 16.2 Å². The van der Waals surface area contributed by atoms with E-state index in [9.17, 15) is 28.2 Å². The molecule has 33 heavy (non-hydrogen) atoms. The minimum absolute atomic E-state index is 0.0322. The van der Waals surface area contributed by atoms with Crippen LogP contribution in [-0.4, -0.2) is 58.4 Å². The molecule has 1 heterocycles. The number of β-amino-alcohol motifs (C(OH)–C–C–N with tert-alkyl or cyclic N) is 1. The molecule has 1 saturated carbocycles. The maximum Gasteiger partial charge on any atom is 0.256 e. The van der Waals surface area contributed by atoms with Crippen molar-refractivity contribution < 1.29 is 28.2 Å². The van der Waals surface area contributed by atoms with Crippen molar-refractivity contribution in [3.05, 3.63) is 56.9 Å². The summed E-state index contributed by atoms with van der Waals surface area (Å²) in [5.41, 5.74) is -1.81. The second-order valence-corrected chi connectivity index (χ2v) is 10.1. The van der Waals surface area contributed by atoms with E-state index >= 15 is 0 Å². The Balaban J connectivity index is 1.44. The fourth-order valence-electron chi connectivity index (χ4n) is 4.28. The molecule has 1 aliphatic heterocycles. The van der Waals surface area contributed by atoms with Crippen LogP contribution in [0.2, 0.25) is 0 Å². The molecule has 0 radical (unpaired) electrons. The second-order valence-electron chi connectivity index (χ2n) is 8.81. The molecule has 1 saturated heterocycles. The van der Waals surface area contributed by atoms with Crippen LogP contribution in [0.3, 0.4) is 0 Å². The van der Waals surface area contributed by atoms with Gasteiger partial charge in [-0.1, -0.05) is 0 Å². The van der Waals surface area contributed by atoms with Crippen LogP contribution in [-0.2, 0) is 0 Å². The molecule has 0 aromatic heterocycles. The number of nitrogens with zero attached hydrogens (tertiary/aromatic N) is 1. The smallest absolute Gasteiger partial charge is 0.256 e. The third kappa shape index (κ3) is 5.44. The summed E-state index contributed by atoms with van der Waals surface area (Å²) in [4.78, 5) is 14.4. The van der Waals surface area contributed by atoms with E-state index in [4.69, 9.17) is 0 Å². The average molecular weight is 575 g/mol. The van der Waals surface area contributed by atoms with Crippen LogP contribution in [0.5, 0.6) is 0 Å². The zero-order valence-electron chi connectivity index (χ0n) is 17.8. The minimum atomic E-state index is -1.28. The summed E-state index contributed by atoms with van der Waals surface area (Å²) in [5.74, 6) is -3.70. The van der Waals surface area contributed by atoms with Gasteiger partial charge < -0.3 is 25.7 Å². The van der Waals surface area contributed by atoms with Crippen LogP contribution in [0, 0.1) is 21.0 Å². The van der Waals surface area contributed by atoms with Crippen LogP contribution >= 0.6 is 22.6 Å². The molecule has 0 bridgehead atoms. The molecule has 10 heteroatoms. The molecule has 2 aliphatic rings. The van der Waals surface area contributed by atoms with Crippen molar-refractivity contribution in [1.29, 1.82) is 0 Å². The predicted octanol–water partition coefficient (Wildman–Crippen LogP) is 3.53. The fraction of sp³-hybridized carbons (Fsp3) is 0.435. The van der Waals surface area contributed by atoms with E-state index in [0.29, 0.717) is 16.4 Å². The van der Waals surface area contributed by atoms with Gasteiger partial charge in [0.1, 0.15) is 11.4 Å². The first kappa shape index (κ1) is 24.2. The number of likely N-dealkylation sites (tertiary alicyclic amines) is 1. The van der Waals surface area contributed by atoms with Crippen LogP contribution in [0.4, 0.5) is 24.5 Å². The lowest BCUT2D eigenvalue weighted by molar-refractivity contribution is -0.0806. The van der Waals surface area contributed by atoms with Crippen molar-refractivity contribution in [2.45, 2.75) is 43.4 Å². The summed E-state index contributed by atoms with van der Waals surface area (Å²) < 4.78 is 43.4. The first-order valence-electron chi connectivity index (χ1n) is 10.8. The van der Waals surface area contributed by atoms with Crippen molar-refractivity contribution in [3.63, 3.8) is 0 Å². The second kappa shape index (κ2) is 9.77. The maximum absolute atomic E-state index is 14.6. The SMILES string of the molecule is O=C(c1ccc(F)c(F)c1Nc1ccc(I)cc1F)N1CC(O)(CNC2CCC(O)CC2)C1. The minimum Gasteiger partial charge on any atom is -0.393 e. The van der Waals surface area contributed by atoms with Gasteiger partial charge in [-0.2, -0.15) is 0 Å². The van der Waals surface area contributed by atoms with E-state index in [-0.39, 0.29) is 43.0 Å². The van der Waals surface area contributed by atoms with Gasteiger partial charge in [0.25, 0.3) is 5.91 Å². The van der Waals surface area contributed by atoms with Gasteiger partial charge in [-0.05, 0) is 78.6 Å². The van der Waals surface area contributed by atoms with Crippen molar-refractivity contribution in [3.8, 4) is 0 Å². The topological polar surface area (TPSA) is 84.8 Å². The number of amides is 1. The number of nitrogens with one attached hydrogen (secondary N) is 2. The number of carbonyl (C=O) groups excluding carboxylic acids is 1. The van der Waals surface area contributed by atoms with E-state index < -0.39 is 34.6 Å². The Labute approximate surface area is 203 Å². The molecule has 2 aromatic carbocycles. The lowest BCUT2D eigenvalue weighted by Gasteiger charge is -2.47. The van der Waals surface area contributed by atoms with E-state index in [0.717, 1.165) is 25.0 Å². The Bertz CT molecular complexity index is 1040. The van der Waals surface area contributed by atoms with Crippen LogP contribution in [0.1, 0.15) is 36.0 Å². The lowest BCUT2D eigenvalue weighted by Crippen LogP contribution is -2.67. The van der Waals surface area contributed by atoms with E-state index in [1.165, 1.54) is 17.0 Å². The average Bonchev–Trinajstić information content (AvgIpc) is 2.76. The summed E-state index contributed by atoms with van der Waals surface area (Å²) >= 11 is 1.93. The van der Waals surface area contributed by atoms with Crippen molar-refractivity contribution in [2.75, 3.05) is 25.0 Å². The number of anilines is 2. The highest BCUT2D eigenvalue weighted by molar-refractivity contribution is 14.1. The summed E-state index contributed by atoms with van der Waals surface area (Å²) in [5, 5.41) is 26.1. The van der Waals surface area contributed by atoms with Crippen molar-refractivity contribution in [1.82, 2.24) is 10.2 Å². The quantitative estimate of drug-likeness (QED) is 0.397. The third-order valence-corrected chi connectivity index (χ3v) is 6.86. The summed E-state index contributed by atoms with van der Waals surface area (Å²) in [6.07, 6.45) is 2.80.